The highest BCUT2D eigenvalue weighted by Gasteiger charge is 2.32. The molecule has 0 spiro atoms. The zero-order valence-electron chi connectivity index (χ0n) is 16.2. The molecule has 0 heterocycles. The van der Waals surface area contributed by atoms with Crippen LogP contribution >= 0.6 is 0 Å². The van der Waals surface area contributed by atoms with Crippen LogP contribution in [0.4, 0.5) is 22.0 Å². The quantitative estimate of drug-likeness (QED) is 0.406. The lowest BCUT2D eigenvalue weighted by molar-refractivity contribution is -0.275. The third kappa shape index (κ3) is 4.04. The van der Waals surface area contributed by atoms with Gasteiger partial charge in [0.25, 0.3) is 0 Å². The molecular weight excluding hydrogens is 399 g/mol. The third-order valence-corrected chi connectivity index (χ3v) is 5.32. The molecule has 3 aromatic carbocycles. The van der Waals surface area contributed by atoms with Crippen molar-refractivity contribution in [3.8, 4) is 28.0 Å². The summed E-state index contributed by atoms with van der Waals surface area (Å²) in [7, 11) is 0. The van der Waals surface area contributed by atoms with E-state index in [9.17, 15) is 22.0 Å². The second-order valence-electron chi connectivity index (χ2n) is 7.42. The van der Waals surface area contributed by atoms with E-state index in [0.29, 0.717) is 6.42 Å². The fraction of sp³-hybridized carbons (Fsp3) is 0.250. The predicted octanol–water partition coefficient (Wildman–Crippen LogP) is 7.25. The van der Waals surface area contributed by atoms with Crippen molar-refractivity contribution in [1.82, 2.24) is 0 Å². The van der Waals surface area contributed by atoms with Crippen molar-refractivity contribution in [1.29, 1.82) is 0 Å². The molecule has 1 nitrogen and oxygen atoms in total. The molecule has 1 aliphatic rings. The van der Waals surface area contributed by atoms with Crippen molar-refractivity contribution < 1.29 is 26.7 Å². The largest absolute Gasteiger partial charge is 0.573 e. The first-order valence-corrected chi connectivity index (χ1v) is 9.75. The molecule has 0 atom stereocenters. The zero-order valence-corrected chi connectivity index (χ0v) is 16.2. The monoisotopic (exact) mass is 418 g/mol. The Morgan fingerprint density at radius 2 is 1.53 bits per heavy atom. The second kappa shape index (κ2) is 7.74. The number of rotatable bonds is 4. The number of fused-ring (bicyclic) bond motifs is 3. The second-order valence-corrected chi connectivity index (χ2v) is 7.42. The lowest BCUT2D eigenvalue weighted by atomic mass is 9.83. The van der Waals surface area contributed by atoms with E-state index in [-0.39, 0.29) is 11.1 Å². The Hall–Kier alpha value is -2.89. The van der Waals surface area contributed by atoms with Gasteiger partial charge in [0, 0.05) is 5.56 Å². The smallest absolute Gasteiger partial charge is 0.403 e. The predicted molar refractivity (Wildman–Crippen MR) is 105 cm³/mol. The molecule has 0 amide bonds. The van der Waals surface area contributed by atoms with Gasteiger partial charge in [0.2, 0.25) is 0 Å². The Kier molecular flexibility index (Phi) is 5.26. The van der Waals surface area contributed by atoms with Crippen LogP contribution in [-0.4, -0.2) is 6.36 Å². The highest BCUT2D eigenvalue weighted by atomic mass is 19.4. The summed E-state index contributed by atoms with van der Waals surface area (Å²) in [6, 6.07) is 12.3. The standard InChI is InChI=1S/C24H19F5O/c1-2-3-14-4-8-18-15(10-14)5-6-16-11-20(21(25)13-19(16)18)17-7-9-23(22(26)12-17)30-24(27,28)29/h4,7-13H,2-3,5-6H2,1H3. The van der Waals surface area contributed by atoms with E-state index < -0.39 is 23.7 Å². The van der Waals surface area contributed by atoms with E-state index in [4.69, 9.17) is 0 Å². The van der Waals surface area contributed by atoms with Gasteiger partial charge in [0.05, 0.1) is 0 Å². The molecule has 0 fully saturated rings. The Morgan fingerprint density at radius 3 is 2.20 bits per heavy atom. The van der Waals surface area contributed by atoms with Crippen molar-refractivity contribution in [3.63, 3.8) is 0 Å². The van der Waals surface area contributed by atoms with Gasteiger partial charge in [-0.05, 0) is 76.9 Å². The van der Waals surface area contributed by atoms with Crippen LogP contribution in [0.2, 0.25) is 0 Å². The van der Waals surface area contributed by atoms with Gasteiger partial charge in [-0.15, -0.1) is 13.2 Å². The maximum atomic E-state index is 14.9. The van der Waals surface area contributed by atoms with Crippen molar-refractivity contribution in [3.05, 3.63) is 76.9 Å². The van der Waals surface area contributed by atoms with Gasteiger partial charge < -0.3 is 4.74 Å². The minimum absolute atomic E-state index is 0.150. The van der Waals surface area contributed by atoms with Crippen LogP contribution in [0, 0.1) is 11.6 Å². The van der Waals surface area contributed by atoms with Crippen LogP contribution in [-0.2, 0) is 19.3 Å². The third-order valence-electron chi connectivity index (χ3n) is 5.32. The van der Waals surface area contributed by atoms with Crippen LogP contribution in [0.15, 0.2) is 48.5 Å². The molecule has 0 saturated carbocycles. The molecule has 0 radical (unpaired) electrons. The highest BCUT2D eigenvalue weighted by molar-refractivity contribution is 5.78. The number of alkyl halides is 3. The summed E-state index contributed by atoms with van der Waals surface area (Å²) in [6.07, 6.45) is -1.42. The number of aryl methyl sites for hydroxylation is 3. The summed E-state index contributed by atoms with van der Waals surface area (Å²) in [5.41, 5.74) is 5.47. The van der Waals surface area contributed by atoms with Crippen molar-refractivity contribution in [2.75, 3.05) is 0 Å². The molecule has 156 valence electrons. The lowest BCUT2D eigenvalue weighted by Gasteiger charge is -2.22. The van der Waals surface area contributed by atoms with E-state index in [1.807, 2.05) is 6.07 Å². The minimum Gasteiger partial charge on any atom is -0.403 e. The molecule has 0 bridgehead atoms. The molecule has 1 aliphatic carbocycles. The first-order chi connectivity index (χ1) is 14.2. The molecule has 0 N–H and O–H groups in total. The average molecular weight is 418 g/mol. The molecule has 4 rings (SSSR count). The van der Waals surface area contributed by atoms with Crippen molar-refractivity contribution in [2.24, 2.45) is 0 Å². The van der Waals surface area contributed by atoms with Crippen LogP contribution in [0.3, 0.4) is 0 Å². The number of ether oxygens (including phenoxy) is 1. The Labute approximate surface area is 171 Å². The highest BCUT2D eigenvalue weighted by Crippen LogP contribution is 2.39. The van der Waals surface area contributed by atoms with E-state index >= 15 is 0 Å². The molecule has 3 aromatic rings. The first kappa shape index (κ1) is 20.4. The molecule has 0 aliphatic heterocycles. The lowest BCUT2D eigenvalue weighted by Crippen LogP contribution is -2.17. The number of hydrogen-bond acceptors (Lipinski definition) is 1. The first-order valence-electron chi connectivity index (χ1n) is 9.75. The number of hydrogen-bond donors (Lipinski definition) is 0. The maximum absolute atomic E-state index is 14.9. The Balaban J connectivity index is 1.71. The zero-order chi connectivity index (χ0) is 21.5. The Morgan fingerprint density at radius 1 is 0.800 bits per heavy atom. The molecule has 0 unspecified atom stereocenters. The van der Waals surface area contributed by atoms with E-state index in [2.05, 4.69) is 23.8 Å². The molecule has 30 heavy (non-hydrogen) atoms. The van der Waals surface area contributed by atoms with E-state index in [0.717, 1.165) is 48.1 Å². The molecular formula is C24H19F5O. The van der Waals surface area contributed by atoms with Gasteiger partial charge in [-0.2, -0.15) is 0 Å². The summed E-state index contributed by atoms with van der Waals surface area (Å²) < 4.78 is 69.7. The Bertz CT molecular complexity index is 1100. The van der Waals surface area contributed by atoms with Gasteiger partial charge in [-0.25, -0.2) is 8.78 Å². The van der Waals surface area contributed by atoms with Crippen molar-refractivity contribution >= 4 is 0 Å². The summed E-state index contributed by atoms with van der Waals surface area (Å²) in [4.78, 5) is 0. The molecule has 0 aromatic heterocycles. The normalized spacial score (nSPS) is 13.0. The topological polar surface area (TPSA) is 9.23 Å². The van der Waals surface area contributed by atoms with Gasteiger partial charge in [0.1, 0.15) is 5.82 Å². The van der Waals surface area contributed by atoms with Crippen LogP contribution in [0.25, 0.3) is 22.3 Å². The summed E-state index contributed by atoms with van der Waals surface area (Å²) in [5.74, 6) is -2.69. The molecule has 6 heteroatoms. The summed E-state index contributed by atoms with van der Waals surface area (Å²) in [5, 5.41) is 0. The summed E-state index contributed by atoms with van der Waals surface area (Å²) in [6.45, 7) is 2.12. The van der Waals surface area contributed by atoms with Gasteiger partial charge in [-0.1, -0.05) is 37.6 Å². The van der Waals surface area contributed by atoms with E-state index in [1.165, 1.54) is 23.3 Å². The van der Waals surface area contributed by atoms with Crippen LogP contribution in [0.5, 0.6) is 5.75 Å². The average Bonchev–Trinajstić information content (AvgIpc) is 2.68. The van der Waals surface area contributed by atoms with Crippen LogP contribution < -0.4 is 4.74 Å². The number of benzene rings is 3. The minimum atomic E-state index is -5.00. The summed E-state index contributed by atoms with van der Waals surface area (Å²) >= 11 is 0. The fourth-order valence-electron chi connectivity index (χ4n) is 4.00. The number of halogens is 5. The maximum Gasteiger partial charge on any atom is 0.573 e. The molecule has 0 saturated heterocycles. The van der Waals surface area contributed by atoms with Crippen molar-refractivity contribution in [2.45, 2.75) is 39.0 Å². The van der Waals surface area contributed by atoms with E-state index in [1.54, 1.807) is 6.07 Å². The van der Waals surface area contributed by atoms with Gasteiger partial charge in [0.15, 0.2) is 11.6 Å². The van der Waals surface area contributed by atoms with Gasteiger partial charge >= 0.3 is 6.36 Å². The SMILES string of the molecule is CCCc1ccc2c(c1)CCc1cc(-c3ccc(OC(F)(F)F)c(F)c3)c(F)cc1-2. The fourth-order valence-corrected chi connectivity index (χ4v) is 4.00. The van der Waals surface area contributed by atoms with Crippen LogP contribution in [0.1, 0.15) is 30.0 Å². The van der Waals surface area contributed by atoms with Gasteiger partial charge in [-0.3, -0.25) is 0 Å².